The fourth-order valence-electron chi connectivity index (χ4n) is 1.55. The zero-order chi connectivity index (χ0) is 10.3. The molecular weight excluding hydrogens is 210 g/mol. The number of fused-ring (bicyclic) bond motifs is 2. The van der Waals surface area contributed by atoms with Gasteiger partial charge in [0.1, 0.15) is 16.2 Å². The number of hydrogen-bond donors (Lipinski definition) is 1. The van der Waals surface area contributed by atoms with Crippen molar-refractivity contribution in [2.24, 2.45) is 0 Å². The molecule has 3 nitrogen and oxygen atoms in total. The molecule has 15 heavy (non-hydrogen) atoms. The molecule has 1 aromatic heterocycles. The molecule has 0 fully saturated rings. The van der Waals surface area contributed by atoms with Gasteiger partial charge < -0.3 is 9.14 Å². The van der Waals surface area contributed by atoms with Crippen molar-refractivity contribution in [1.82, 2.24) is 4.72 Å². The molecule has 0 bridgehead atoms. The van der Waals surface area contributed by atoms with Crippen molar-refractivity contribution in [2.45, 2.75) is 4.90 Å². The molecule has 1 aliphatic rings. The maximum absolute atomic E-state index is 12.0. The van der Waals surface area contributed by atoms with Gasteiger partial charge in [-0.05, 0) is 30.2 Å². The molecule has 0 unspecified atom stereocenters. The lowest BCUT2D eigenvalue weighted by Crippen LogP contribution is -2.11. The van der Waals surface area contributed by atoms with Crippen molar-refractivity contribution in [3.05, 3.63) is 46.4 Å². The highest BCUT2D eigenvalue weighted by Gasteiger charge is 2.14. The fourth-order valence-corrected chi connectivity index (χ4v) is 2.22. The maximum Gasteiger partial charge on any atom is 0.208 e. The van der Waals surface area contributed by atoms with E-state index in [1.165, 1.54) is 11.9 Å². The van der Waals surface area contributed by atoms with Gasteiger partial charge in [0.05, 0.1) is 5.39 Å². The molecule has 2 aromatic rings. The molecule has 0 amide bonds. The highest BCUT2D eigenvalue weighted by molar-refractivity contribution is 7.97. The number of rotatable bonds is 0. The molecule has 0 radical (unpaired) electrons. The van der Waals surface area contributed by atoms with Crippen LogP contribution < -0.4 is 10.2 Å². The van der Waals surface area contributed by atoms with Crippen LogP contribution in [0.4, 0.5) is 0 Å². The maximum atomic E-state index is 12.0. The van der Waals surface area contributed by atoms with Crippen molar-refractivity contribution in [3.8, 4) is 0 Å². The first-order chi connectivity index (χ1) is 7.36. The second-order valence-electron chi connectivity index (χ2n) is 3.17. The van der Waals surface area contributed by atoms with Crippen molar-refractivity contribution in [1.29, 1.82) is 0 Å². The minimum absolute atomic E-state index is 0.0219. The summed E-state index contributed by atoms with van der Waals surface area (Å²) in [5, 5.41) is 0.626. The topological polar surface area (TPSA) is 42.2 Å². The molecule has 2 heterocycles. The van der Waals surface area contributed by atoms with Gasteiger partial charge in [-0.25, -0.2) is 0 Å². The highest BCUT2D eigenvalue weighted by Crippen LogP contribution is 2.25. The van der Waals surface area contributed by atoms with Crippen LogP contribution in [0.2, 0.25) is 0 Å². The monoisotopic (exact) mass is 217 g/mol. The van der Waals surface area contributed by atoms with Crippen molar-refractivity contribution >= 4 is 29.0 Å². The lowest BCUT2D eigenvalue weighted by Gasteiger charge is -2.09. The molecular formula is C11H7NO2S. The molecule has 74 valence electrons. The van der Waals surface area contributed by atoms with E-state index < -0.39 is 0 Å². The fraction of sp³-hybridized carbons (Fsp3) is 0. The van der Waals surface area contributed by atoms with Crippen LogP contribution in [-0.2, 0) is 0 Å². The third kappa shape index (κ3) is 1.26. The third-order valence-corrected chi connectivity index (χ3v) is 3.09. The van der Waals surface area contributed by atoms with E-state index in [-0.39, 0.29) is 5.43 Å². The van der Waals surface area contributed by atoms with Gasteiger partial charge >= 0.3 is 0 Å². The van der Waals surface area contributed by atoms with Crippen LogP contribution in [0.1, 0.15) is 5.76 Å². The van der Waals surface area contributed by atoms with E-state index >= 15 is 0 Å². The predicted octanol–water partition coefficient (Wildman–Crippen LogP) is 2.37. The molecule has 1 N–H and O–H groups in total. The van der Waals surface area contributed by atoms with Crippen molar-refractivity contribution in [3.63, 3.8) is 0 Å². The zero-order valence-corrected chi connectivity index (χ0v) is 8.51. The molecule has 0 atom stereocenters. The summed E-state index contributed by atoms with van der Waals surface area (Å²) in [4.78, 5) is 12.6. The van der Waals surface area contributed by atoms with E-state index in [0.29, 0.717) is 21.6 Å². The second-order valence-corrected chi connectivity index (χ2v) is 4.02. The normalized spacial score (nSPS) is 13.6. The highest BCUT2D eigenvalue weighted by atomic mass is 32.2. The average molecular weight is 217 g/mol. The lowest BCUT2D eigenvalue weighted by molar-refractivity contribution is 0.573. The zero-order valence-electron chi connectivity index (χ0n) is 7.69. The van der Waals surface area contributed by atoms with Crippen LogP contribution in [0.3, 0.4) is 0 Å². The SMILES string of the molecule is O=c1c2c(oc3ccccc13)C=CNS2. The van der Waals surface area contributed by atoms with Gasteiger partial charge in [0, 0.05) is 6.20 Å². The van der Waals surface area contributed by atoms with Crippen molar-refractivity contribution in [2.75, 3.05) is 0 Å². The van der Waals surface area contributed by atoms with Gasteiger partial charge in [-0.3, -0.25) is 4.79 Å². The van der Waals surface area contributed by atoms with E-state index in [0.717, 1.165) is 0 Å². The Morgan fingerprint density at radius 2 is 2.13 bits per heavy atom. The third-order valence-electron chi connectivity index (χ3n) is 2.25. The largest absolute Gasteiger partial charge is 0.455 e. The standard InChI is InChI=1S/C11H7NO2S/c13-10-7-3-1-2-4-8(7)14-9-5-6-12-15-11(9)10/h1-6,12H. The molecule has 4 heteroatoms. The first-order valence-corrected chi connectivity index (χ1v) is 5.33. The Morgan fingerprint density at radius 1 is 1.27 bits per heavy atom. The average Bonchev–Trinajstić information content (AvgIpc) is 2.30. The van der Waals surface area contributed by atoms with Gasteiger partial charge in [-0.1, -0.05) is 12.1 Å². The van der Waals surface area contributed by atoms with E-state index in [1.807, 2.05) is 12.1 Å². The number of para-hydroxylation sites is 1. The summed E-state index contributed by atoms with van der Waals surface area (Å²) in [5.41, 5.74) is 0.655. The van der Waals surface area contributed by atoms with Crippen LogP contribution >= 0.6 is 11.9 Å². The first kappa shape index (κ1) is 8.61. The number of nitrogens with one attached hydrogen (secondary N) is 1. The summed E-state index contributed by atoms with van der Waals surface area (Å²) in [5.74, 6) is 0.627. The molecule has 0 saturated heterocycles. The minimum Gasteiger partial charge on any atom is -0.455 e. The van der Waals surface area contributed by atoms with E-state index in [2.05, 4.69) is 4.72 Å². The Morgan fingerprint density at radius 3 is 3.07 bits per heavy atom. The first-order valence-electron chi connectivity index (χ1n) is 4.51. The number of benzene rings is 1. The lowest BCUT2D eigenvalue weighted by atomic mass is 10.2. The summed E-state index contributed by atoms with van der Waals surface area (Å²) in [6.45, 7) is 0. The summed E-state index contributed by atoms with van der Waals surface area (Å²) < 4.78 is 8.54. The molecule has 0 aliphatic carbocycles. The van der Waals surface area contributed by atoms with Crippen LogP contribution in [0.5, 0.6) is 0 Å². The summed E-state index contributed by atoms with van der Waals surface area (Å²) in [6.07, 6.45) is 3.52. The Bertz CT molecular complexity index is 616. The molecule has 0 spiro atoms. The Kier molecular flexibility index (Phi) is 1.82. The molecule has 3 rings (SSSR count). The van der Waals surface area contributed by atoms with Gasteiger partial charge in [-0.15, -0.1) is 0 Å². The minimum atomic E-state index is 0.0219. The Hall–Kier alpha value is -1.68. The van der Waals surface area contributed by atoms with Crippen LogP contribution in [-0.4, -0.2) is 0 Å². The Labute approximate surface area is 89.9 Å². The molecule has 0 saturated carbocycles. The predicted molar refractivity (Wildman–Crippen MR) is 60.5 cm³/mol. The quantitative estimate of drug-likeness (QED) is 0.688. The van der Waals surface area contributed by atoms with Gasteiger partial charge in [0.25, 0.3) is 0 Å². The summed E-state index contributed by atoms with van der Waals surface area (Å²) >= 11 is 1.29. The Balaban J connectivity index is 2.48. The molecule has 1 aromatic carbocycles. The molecule has 1 aliphatic heterocycles. The smallest absolute Gasteiger partial charge is 0.208 e. The van der Waals surface area contributed by atoms with Gasteiger partial charge in [0.15, 0.2) is 0 Å². The second kappa shape index (κ2) is 3.17. The van der Waals surface area contributed by atoms with Crippen molar-refractivity contribution < 1.29 is 4.42 Å². The van der Waals surface area contributed by atoms with Gasteiger partial charge in [-0.2, -0.15) is 0 Å². The van der Waals surface area contributed by atoms with E-state index in [1.54, 1.807) is 24.4 Å². The van der Waals surface area contributed by atoms with Crippen LogP contribution in [0.25, 0.3) is 17.0 Å². The summed E-state index contributed by atoms with van der Waals surface area (Å²) in [7, 11) is 0. The van der Waals surface area contributed by atoms with E-state index in [4.69, 9.17) is 4.42 Å². The van der Waals surface area contributed by atoms with Crippen LogP contribution in [0, 0.1) is 0 Å². The van der Waals surface area contributed by atoms with Gasteiger partial charge in [0.2, 0.25) is 5.43 Å². The number of hydrogen-bond acceptors (Lipinski definition) is 4. The van der Waals surface area contributed by atoms with Crippen LogP contribution in [0.15, 0.2) is 44.6 Å². The van der Waals surface area contributed by atoms with E-state index in [9.17, 15) is 4.79 Å². The summed E-state index contributed by atoms with van der Waals surface area (Å²) in [6, 6.07) is 7.27.